The highest BCUT2D eigenvalue weighted by atomic mass is 32.1. The van der Waals surface area contributed by atoms with E-state index in [2.05, 4.69) is 29.0 Å². The van der Waals surface area contributed by atoms with Gasteiger partial charge >= 0.3 is 0 Å². The number of anilines is 2. The van der Waals surface area contributed by atoms with Crippen LogP contribution in [0, 0.1) is 13.8 Å². The van der Waals surface area contributed by atoms with Crippen LogP contribution in [0.25, 0.3) is 0 Å². The summed E-state index contributed by atoms with van der Waals surface area (Å²) in [6.45, 7) is 10.1. The lowest BCUT2D eigenvalue weighted by atomic mass is 10.2. The standard InChI is InChI=1S/C16H21N3OS/c1-5-19(6-2)14-9-7-13(8-10-14)15(20)18-16-17-11(3)12(4)21-16/h7-10H,5-6H2,1-4H3,(H,17,18,20). The van der Waals surface area contributed by atoms with Crippen LogP contribution in [0.4, 0.5) is 10.8 Å². The summed E-state index contributed by atoms with van der Waals surface area (Å²) < 4.78 is 0. The van der Waals surface area contributed by atoms with Crippen LogP contribution in [-0.2, 0) is 0 Å². The Balaban J connectivity index is 2.09. The molecule has 0 aliphatic rings. The molecule has 0 saturated heterocycles. The van der Waals surface area contributed by atoms with E-state index >= 15 is 0 Å². The molecule has 0 atom stereocenters. The molecular formula is C16H21N3OS. The van der Waals surface area contributed by atoms with Crippen LogP contribution in [0.1, 0.15) is 34.8 Å². The molecule has 1 heterocycles. The van der Waals surface area contributed by atoms with Crippen molar-refractivity contribution in [1.82, 2.24) is 4.98 Å². The summed E-state index contributed by atoms with van der Waals surface area (Å²) in [4.78, 5) is 19.9. The van der Waals surface area contributed by atoms with Crippen molar-refractivity contribution < 1.29 is 4.79 Å². The molecule has 1 aromatic heterocycles. The van der Waals surface area contributed by atoms with Crippen LogP contribution >= 0.6 is 11.3 Å². The number of hydrogen-bond donors (Lipinski definition) is 1. The first-order valence-corrected chi connectivity index (χ1v) is 7.97. The van der Waals surface area contributed by atoms with Crippen molar-refractivity contribution in [3.05, 3.63) is 40.4 Å². The molecule has 0 aliphatic carbocycles. The van der Waals surface area contributed by atoms with Crippen LogP contribution < -0.4 is 10.2 Å². The van der Waals surface area contributed by atoms with E-state index < -0.39 is 0 Å². The third-order valence-corrected chi connectivity index (χ3v) is 4.50. The van der Waals surface area contributed by atoms with E-state index in [1.165, 1.54) is 11.3 Å². The van der Waals surface area contributed by atoms with Crippen LogP contribution in [-0.4, -0.2) is 24.0 Å². The van der Waals surface area contributed by atoms with Crippen molar-refractivity contribution in [2.75, 3.05) is 23.3 Å². The molecule has 2 rings (SSSR count). The number of nitrogens with zero attached hydrogens (tertiary/aromatic N) is 2. The minimum atomic E-state index is -0.116. The molecule has 21 heavy (non-hydrogen) atoms. The smallest absolute Gasteiger partial charge is 0.257 e. The van der Waals surface area contributed by atoms with Crippen molar-refractivity contribution in [2.24, 2.45) is 0 Å². The molecule has 1 aromatic carbocycles. The zero-order valence-corrected chi connectivity index (χ0v) is 13.8. The van der Waals surface area contributed by atoms with Crippen LogP contribution in [0.5, 0.6) is 0 Å². The largest absolute Gasteiger partial charge is 0.372 e. The number of rotatable bonds is 5. The number of hydrogen-bond acceptors (Lipinski definition) is 4. The quantitative estimate of drug-likeness (QED) is 0.912. The lowest BCUT2D eigenvalue weighted by Gasteiger charge is -2.20. The van der Waals surface area contributed by atoms with E-state index in [0.29, 0.717) is 10.7 Å². The second kappa shape index (κ2) is 6.72. The van der Waals surface area contributed by atoms with Gasteiger partial charge in [0.2, 0.25) is 0 Å². The Morgan fingerprint density at radius 1 is 1.19 bits per heavy atom. The first-order chi connectivity index (χ1) is 10.0. The predicted molar refractivity (Wildman–Crippen MR) is 89.5 cm³/mol. The van der Waals surface area contributed by atoms with E-state index in [1.807, 2.05) is 38.1 Å². The molecule has 2 aromatic rings. The molecule has 0 bridgehead atoms. The first-order valence-electron chi connectivity index (χ1n) is 7.15. The Bertz CT molecular complexity index is 595. The molecule has 0 fully saturated rings. The van der Waals surface area contributed by atoms with Crippen molar-refractivity contribution in [1.29, 1.82) is 0 Å². The van der Waals surface area contributed by atoms with Gasteiger partial charge in [-0.2, -0.15) is 0 Å². The molecule has 1 amide bonds. The molecule has 112 valence electrons. The molecule has 0 unspecified atom stereocenters. The van der Waals surface area contributed by atoms with E-state index in [-0.39, 0.29) is 5.91 Å². The second-order valence-electron chi connectivity index (χ2n) is 4.83. The lowest BCUT2D eigenvalue weighted by molar-refractivity contribution is 0.102. The number of nitrogens with one attached hydrogen (secondary N) is 1. The molecule has 0 radical (unpaired) electrons. The van der Waals surface area contributed by atoms with Crippen molar-refractivity contribution in [3.63, 3.8) is 0 Å². The Morgan fingerprint density at radius 3 is 2.29 bits per heavy atom. The number of aryl methyl sites for hydroxylation is 2. The second-order valence-corrected chi connectivity index (χ2v) is 6.04. The fourth-order valence-electron chi connectivity index (χ4n) is 2.11. The summed E-state index contributed by atoms with van der Waals surface area (Å²) in [5.41, 5.74) is 2.75. The Hall–Kier alpha value is -1.88. The number of amides is 1. The predicted octanol–water partition coefficient (Wildman–Crippen LogP) is 3.86. The average molecular weight is 303 g/mol. The van der Waals surface area contributed by atoms with Gasteiger partial charge in [0.15, 0.2) is 5.13 Å². The molecule has 5 heteroatoms. The van der Waals surface area contributed by atoms with Gasteiger partial charge in [0.05, 0.1) is 5.69 Å². The zero-order valence-electron chi connectivity index (χ0n) is 12.9. The maximum absolute atomic E-state index is 12.2. The van der Waals surface area contributed by atoms with Gasteiger partial charge in [0, 0.05) is 29.2 Å². The zero-order chi connectivity index (χ0) is 15.4. The monoisotopic (exact) mass is 303 g/mol. The minimum Gasteiger partial charge on any atom is -0.372 e. The Kier molecular flexibility index (Phi) is 4.96. The average Bonchev–Trinajstić information content (AvgIpc) is 2.79. The minimum absolute atomic E-state index is 0.116. The molecular weight excluding hydrogens is 282 g/mol. The highest BCUT2D eigenvalue weighted by Gasteiger charge is 2.10. The van der Waals surface area contributed by atoms with Gasteiger partial charge < -0.3 is 4.90 Å². The molecule has 0 saturated carbocycles. The van der Waals surface area contributed by atoms with E-state index in [0.717, 1.165) is 29.3 Å². The summed E-state index contributed by atoms with van der Waals surface area (Å²) in [5, 5.41) is 3.51. The number of carbonyl (C=O) groups is 1. The Morgan fingerprint density at radius 2 is 1.81 bits per heavy atom. The van der Waals surface area contributed by atoms with Gasteiger partial charge in [-0.25, -0.2) is 4.98 Å². The molecule has 1 N–H and O–H groups in total. The Labute approximate surface area is 129 Å². The molecule has 0 aliphatic heterocycles. The fraction of sp³-hybridized carbons (Fsp3) is 0.375. The van der Waals surface area contributed by atoms with Gasteiger partial charge in [-0.05, 0) is 52.0 Å². The van der Waals surface area contributed by atoms with Gasteiger partial charge in [-0.15, -0.1) is 11.3 Å². The maximum Gasteiger partial charge on any atom is 0.257 e. The summed E-state index contributed by atoms with van der Waals surface area (Å²) in [6.07, 6.45) is 0. The van der Waals surface area contributed by atoms with Gasteiger partial charge in [0.25, 0.3) is 5.91 Å². The number of benzene rings is 1. The summed E-state index contributed by atoms with van der Waals surface area (Å²) >= 11 is 1.50. The first kappa shape index (κ1) is 15.5. The molecule has 4 nitrogen and oxygen atoms in total. The van der Waals surface area contributed by atoms with E-state index in [9.17, 15) is 4.79 Å². The summed E-state index contributed by atoms with van der Waals surface area (Å²) in [7, 11) is 0. The SMILES string of the molecule is CCN(CC)c1ccc(C(=O)Nc2nc(C)c(C)s2)cc1. The molecule has 0 spiro atoms. The summed E-state index contributed by atoms with van der Waals surface area (Å²) in [6, 6.07) is 7.69. The number of thiazole rings is 1. The van der Waals surface area contributed by atoms with Crippen molar-refractivity contribution >= 4 is 28.1 Å². The highest BCUT2D eigenvalue weighted by Crippen LogP contribution is 2.22. The van der Waals surface area contributed by atoms with E-state index in [4.69, 9.17) is 0 Å². The van der Waals surface area contributed by atoms with Crippen molar-refractivity contribution in [2.45, 2.75) is 27.7 Å². The number of carbonyl (C=O) groups excluding carboxylic acids is 1. The van der Waals surface area contributed by atoms with Gasteiger partial charge in [-0.3, -0.25) is 10.1 Å². The fourth-order valence-corrected chi connectivity index (χ4v) is 2.92. The van der Waals surface area contributed by atoms with Crippen LogP contribution in [0.15, 0.2) is 24.3 Å². The van der Waals surface area contributed by atoms with Gasteiger partial charge in [0.1, 0.15) is 0 Å². The van der Waals surface area contributed by atoms with Crippen LogP contribution in [0.2, 0.25) is 0 Å². The van der Waals surface area contributed by atoms with Crippen LogP contribution in [0.3, 0.4) is 0 Å². The highest BCUT2D eigenvalue weighted by molar-refractivity contribution is 7.15. The normalized spacial score (nSPS) is 10.5. The van der Waals surface area contributed by atoms with E-state index in [1.54, 1.807) is 0 Å². The lowest BCUT2D eigenvalue weighted by Crippen LogP contribution is -2.21. The summed E-state index contributed by atoms with van der Waals surface area (Å²) in [5.74, 6) is -0.116. The third kappa shape index (κ3) is 3.61. The number of aromatic nitrogens is 1. The third-order valence-electron chi connectivity index (χ3n) is 3.51. The maximum atomic E-state index is 12.2. The van der Waals surface area contributed by atoms with Crippen molar-refractivity contribution in [3.8, 4) is 0 Å². The van der Waals surface area contributed by atoms with Gasteiger partial charge in [-0.1, -0.05) is 0 Å². The topological polar surface area (TPSA) is 45.2 Å².